The van der Waals surface area contributed by atoms with Crippen LogP contribution in [0.4, 0.5) is 0 Å². The second kappa shape index (κ2) is 29.2. The maximum atomic E-state index is 7.25. The summed E-state index contributed by atoms with van der Waals surface area (Å²) in [6.45, 7) is 0. The quantitative estimate of drug-likeness (QED) is 0.696. The number of nitrogens with zero attached hydrogens (tertiary/aromatic N) is 2. The van der Waals surface area contributed by atoms with Crippen LogP contribution >= 0.6 is 0 Å². The third-order valence-electron chi connectivity index (χ3n) is 0.702. The Hall–Kier alpha value is -1.09. The summed E-state index contributed by atoms with van der Waals surface area (Å²) in [4.78, 5) is 14.5. The second-order valence-corrected chi connectivity index (χ2v) is 1.37. The molecule has 0 saturated carbocycles. The smallest absolute Gasteiger partial charge is 0.999 e. The Bertz CT molecular complexity index is 187. The molecule has 0 spiro atoms. The number of hydrogen-bond donors (Lipinski definition) is 0. The summed E-state index contributed by atoms with van der Waals surface area (Å²) in [5.74, 6) is 0. The van der Waals surface area contributed by atoms with Crippen molar-refractivity contribution in [1.29, 1.82) is 0 Å². The van der Waals surface area contributed by atoms with Crippen LogP contribution in [0.15, 0.2) is 12.1 Å². The van der Waals surface area contributed by atoms with Gasteiger partial charge in [-0.1, -0.05) is 0 Å². The number of hydrogen-bond acceptors (Lipinski definition) is 2. The maximum Gasteiger partial charge on any atom is 2.00 e. The van der Waals surface area contributed by atoms with Gasteiger partial charge in [0, 0.05) is 0 Å². The monoisotopic (exact) mass is 300 g/mol. The molecular weight excluding hydrogens is 298 g/mol. The van der Waals surface area contributed by atoms with Crippen molar-refractivity contribution in [3.63, 3.8) is 0 Å². The van der Waals surface area contributed by atoms with E-state index in [0.29, 0.717) is 0 Å². The predicted octanol–water partition coefficient (Wildman–Crippen LogP) is 1.85. The van der Waals surface area contributed by atoms with Crippen LogP contribution in [0.3, 0.4) is 0 Å². The van der Waals surface area contributed by atoms with Gasteiger partial charge >= 0.3 is 33.6 Å². The Kier molecular flexibility index (Phi) is 44.2. The van der Waals surface area contributed by atoms with Gasteiger partial charge in [0.25, 0.3) is 0 Å². The fraction of sp³-hybridized carbons (Fsp3) is 0. The fourth-order valence-corrected chi connectivity index (χ4v) is 0.361. The zero-order chi connectivity index (χ0) is 11.1. The molecule has 0 aliphatic heterocycles. The largest absolute Gasteiger partial charge is 2.00 e. The first-order valence-corrected chi connectivity index (χ1v) is 3.02. The van der Waals surface area contributed by atoms with E-state index in [9.17, 15) is 0 Å². The molecule has 2 radical (unpaired) electrons. The van der Waals surface area contributed by atoms with Crippen LogP contribution in [-0.2, 0) is 33.6 Å². The summed E-state index contributed by atoms with van der Waals surface area (Å²) in [5.41, 5.74) is 11.5. The molecular formula is C10H2Co2N2O2-8. The molecule has 2 aromatic carbocycles. The summed E-state index contributed by atoms with van der Waals surface area (Å²) >= 11 is 0. The van der Waals surface area contributed by atoms with Gasteiger partial charge in [-0.15, -0.1) is 0 Å². The van der Waals surface area contributed by atoms with Crippen molar-refractivity contribution < 1.29 is 33.6 Å². The summed E-state index contributed by atoms with van der Waals surface area (Å²) < 4.78 is 0. The van der Waals surface area contributed by atoms with E-state index in [4.69, 9.17) is 21.0 Å². The van der Waals surface area contributed by atoms with Crippen LogP contribution in [0.1, 0.15) is 0 Å². The van der Waals surface area contributed by atoms with Gasteiger partial charge < -0.3 is 81.7 Å². The molecule has 2 aromatic rings. The molecule has 0 aliphatic carbocycles. The Morgan fingerprint density at radius 2 is 0.750 bits per heavy atom. The minimum atomic E-state index is 0. The molecule has 2 rings (SSSR count). The van der Waals surface area contributed by atoms with E-state index in [1.54, 1.807) is 12.1 Å². The molecule has 0 N–H and O–H groups in total. The Morgan fingerprint density at radius 1 is 0.562 bits per heavy atom. The molecule has 0 unspecified atom stereocenters. The zero-order valence-electron chi connectivity index (χ0n) is 7.53. The van der Waals surface area contributed by atoms with E-state index < -0.39 is 0 Å². The van der Waals surface area contributed by atoms with Crippen LogP contribution in [0.5, 0.6) is 0 Å². The van der Waals surface area contributed by atoms with Crippen LogP contribution < -0.4 is 0 Å². The van der Waals surface area contributed by atoms with Crippen molar-refractivity contribution in [2.75, 3.05) is 0 Å². The molecule has 0 bridgehead atoms. The first kappa shape index (κ1) is 24.2. The maximum absolute atomic E-state index is 7.25. The third kappa shape index (κ3) is 23.1. The topological polar surface area (TPSA) is 78.7 Å². The molecule has 0 aromatic heterocycles. The molecule has 0 amide bonds. The summed E-state index contributed by atoms with van der Waals surface area (Å²) in [7, 11) is 0. The van der Waals surface area contributed by atoms with E-state index in [-0.39, 0.29) is 33.6 Å². The van der Waals surface area contributed by atoms with Gasteiger partial charge in [0.05, 0.1) is 0 Å². The Morgan fingerprint density at radius 3 is 0.812 bits per heavy atom. The van der Waals surface area contributed by atoms with Gasteiger partial charge in [0.15, 0.2) is 0 Å². The van der Waals surface area contributed by atoms with E-state index >= 15 is 0 Å². The SMILES string of the molecule is [Co+2].[Co+2].[N-]=O.[N-]=O.[c-]1[c-][c-][cH-][c-]1.[c-]1[c-][c-][cH-][c-]1. The standard InChI is InChI=1S/2C5H.2Co.2NO/c2*1-2-4-5-3-1;;;2*1-2/h2*1H;;;;/q2*-5;2*+2;2*-1. The summed E-state index contributed by atoms with van der Waals surface area (Å²) in [5, 5.41) is 0. The average Bonchev–Trinajstić information content (AvgIpc) is 3.01. The normalized spacial score (nSPS) is 5.50. The van der Waals surface area contributed by atoms with Crippen LogP contribution in [0.2, 0.25) is 0 Å². The first-order chi connectivity index (χ1) is 7.00. The molecule has 0 heterocycles. The van der Waals surface area contributed by atoms with Crippen LogP contribution in [0, 0.1) is 58.3 Å². The van der Waals surface area contributed by atoms with Crippen molar-refractivity contribution in [1.82, 2.24) is 0 Å². The minimum Gasteiger partial charge on any atom is -0.999 e. The molecule has 16 heavy (non-hydrogen) atoms. The van der Waals surface area contributed by atoms with Crippen LogP contribution in [-0.4, -0.2) is 0 Å². The van der Waals surface area contributed by atoms with Gasteiger partial charge in [-0.3, -0.25) is 0 Å². The fourth-order valence-electron chi connectivity index (χ4n) is 0.361. The van der Waals surface area contributed by atoms with Crippen molar-refractivity contribution in [3.05, 3.63) is 81.7 Å². The Labute approximate surface area is 115 Å². The molecule has 0 saturated heterocycles. The molecule has 6 heteroatoms. The number of rotatable bonds is 0. The van der Waals surface area contributed by atoms with E-state index in [2.05, 4.69) is 48.5 Å². The van der Waals surface area contributed by atoms with Gasteiger partial charge in [-0.05, 0) is 0 Å². The average molecular weight is 300 g/mol. The van der Waals surface area contributed by atoms with Crippen molar-refractivity contribution >= 4 is 0 Å². The van der Waals surface area contributed by atoms with E-state index in [1.165, 1.54) is 0 Å². The first-order valence-electron chi connectivity index (χ1n) is 3.02. The van der Waals surface area contributed by atoms with Gasteiger partial charge in [-0.2, -0.15) is 0 Å². The van der Waals surface area contributed by atoms with E-state index in [1.807, 2.05) is 0 Å². The van der Waals surface area contributed by atoms with Crippen LogP contribution in [0.25, 0.3) is 11.2 Å². The summed E-state index contributed by atoms with van der Waals surface area (Å²) in [6.07, 6.45) is 0. The van der Waals surface area contributed by atoms with Gasteiger partial charge in [0.2, 0.25) is 0 Å². The van der Waals surface area contributed by atoms with Gasteiger partial charge in [0.1, 0.15) is 0 Å². The summed E-state index contributed by atoms with van der Waals surface area (Å²) in [6, 6.07) is 24.0. The van der Waals surface area contributed by atoms with Crippen molar-refractivity contribution in [3.8, 4) is 0 Å². The van der Waals surface area contributed by atoms with Gasteiger partial charge in [-0.25, -0.2) is 0 Å². The molecule has 4 nitrogen and oxygen atoms in total. The molecule has 90 valence electrons. The minimum absolute atomic E-state index is 0. The number of nitroso groups, excluding NO2 is 2. The molecule has 0 atom stereocenters. The Balaban J connectivity index is -0.0000000631. The van der Waals surface area contributed by atoms with Crippen molar-refractivity contribution in [2.24, 2.45) is 0 Å². The molecule has 0 fully saturated rings. The third-order valence-corrected chi connectivity index (χ3v) is 0.702. The van der Waals surface area contributed by atoms with E-state index in [0.717, 1.165) is 0 Å². The zero-order valence-corrected chi connectivity index (χ0v) is 9.61. The molecule has 0 aliphatic rings. The van der Waals surface area contributed by atoms with Crippen molar-refractivity contribution in [2.45, 2.75) is 0 Å². The predicted molar refractivity (Wildman–Crippen MR) is 48.2 cm³/mol. The second-order valence-electron chi connectivity index (χ2n) is 1.37.